The normalized spacial score (nSPS) is 18.4. The molecule has 0 bridgehead atoms. The second kappa shape index (κ2) is 9.06. The number of benzene rings is 2. The highest BCUT2D eigenvalue weighted by Gasteiger charge is 2.36. The van der Waals surface area contributed by atoms with Gasteiger partial charge in [0.25, 0.3) is 0 Å². The van der Waals surface area contributed by atoms with Gasteiger partial charge < -0.3 is 4.74 Å². The number of hydrogen-bond donors (Lipinski definition) is 0. The smallest absolute Gasteiger partial charge is 0.242 e. The first-order valence-corrected chi connectivity index (χ1v) is 10.2. The second-order valence-corrected chi connectivity index (χ2v) is 7.94. The third-order valence-corrected chi connectivity index (χ3v) is 5.99. The van der Waals surface area contributed by atoms with Crippen LogP contribution < -0.4 is 4.74 Å². The van der Waals surface area contributed by atoms with E-state index in [1.807, 2.05) is 37.3 Å². The molecule has 1 fully saturated rings. The fourth-order valence-electron chi connectivity index (χ4n) is 3.01. The van der Waals surface area contributed by atoms with Crippen molar-refractivity contribution in [2.75, 3.05) is 7.11 Å². The van der Waals surface area contributed by atoms with E-state index in [2.05, 4.69) is 36.2 Å². The van der Waals surface area contributed by atoms with Crippen molar-refractivity contribution in [1.29, 1.82) is 0 Å². The average Bonchev–Trinajstić information content (AvgIpc) is 2.99. The van der Waals surface area contributed by atoms with Crippen molar-refractivity contribution in [3.8, 4) is 5.75 Å². The van der Waals surface area contributed by atoms with Crippen molar-refractivity contribution < 1.29 is 9.53 Å². The van der Waals surface area contributed by atoms with Crippen molar-refractivity contribution in [2.24, 2.45) is 10.2 Å². The Kier molecular flexibility index (Phi) is 6.52. The van der Waals surface area contributed by atoms with Crippen LogP contribution in [0.2, 0.25) is 0 Å². The molecule has 1 atom stereocenters. The van der Waals surface area contributed by atoms with Gasteiger partial charge >= 0.3 is 0 Å². The van der Waals surface area contributed by atoms with E-state index in [0.717, 1.165) is 28.9 Å². The van der Waals surface area contributed by atoms with Crippen molar-refractivity contribution in [1.82, 2.24) is 4.90 Å². The Bertz CT molecular complexity index is 906. The third kappa shape index (κ3) is 4.62. The predicted molar refractivity (Wildman–Crippen MR) is 116 cm³/mol. The van der Waals surface area contributed by atoms with Gasteiger partial charge in [0.05, 0.1) is 25.1 Å². The van der Waals surface area contributed by atoms with E-state index in [9.17, 15) is 4.79 Å². The van der Waals surface area contributed by atoms with Crippen LogP contribution in [0.15, 0.2) is 52.7 Å². The van der Waals surface area contributed by atoms with Crippen LogP contribution in [0, 0.1) is 13.8 Å². The van der Waals surface area contributed by atoms with E-state index in [0.29, 0.717) is 11.7 Å². The molecule has 146 valence electrons. The lowest BCUT2D eigenvalue weighted by atomic mass is 10.1. The maximum Gasteiger partial charge on any atom is 0.242 e. The number of rotatable bonds is 6. The molecule has 1 amide bonds. The van der Waals surface area contributed by atoms with Gasteiger partial charge in [-0.1, -0.05) is 54.6 Å². The van der Waals surface area contributed by atoms with Gasteiger partial charge in [-0.2, -0.15) is 5.10 Å². The molecule has 2 aromatic rings. The number of carbonyl (C=O) groups excluding carboxylic acids is 1. The molecular weight excluding hydrogens is 370 g/mol. The molecule has 28 heavy (non-hydrogen) atoms. The number of hydrogen-bond acceptors (Lipinski definition) is 5. The zero-order valence-corrected chi connectivity index (χ0v) is 17.5. The van der Waals surface area contributed by atoms with Crippen LogP contribution in [0.4, 0.5) is 0 Å². The Balaban J connectivity index is 1.80. The monoisotopic (exact) mass is 395 g/mol. The van der Waals surface area contributed by atoms with E-state index >= 15 is 0 Å². The van der Waals surface area contributed by atoms with E-state index in [-0.39, 0.29) is 11.2 Å². The summed E-state index contributed by atoms with van der Waals surface area (Å²) in [5, 5.41) is 9.18. The summed E-state index contributed by atoms with van der Waals surface area (Å²) in [6.07, 6.45) is 2.51. The van der Waals surface area contributed by atoms with Gasteiger partial charge in [-0.05, 0) is 49.1 Å². The fraction of sp³-hybridized carbons (Fsp3) is 0.318. The van der Waals surface area contributed by atoms with E-state index in [1.165, 1.54) is 17.3 Å². The van der Waals surface area contributed by atoms with Crippen LogP contribution in [-0.4, -0.2) is 34.5 Å². The topological polar surface area (TPSA) is 54.3 Å². The van der Waals surface area contributed by atoms with E-state index < -0.39 is 0 Å². The van der Waals surface area contributed by atoms with Crippen LogP contribution in [-0.2, 0) is 11.3 Å². The lowest BCUT2D eigenvalue weighted by Gasteiger charge is -2.16. The molecule has 1 saturated heterocycles. The van der Waals surface area contributed by atoms with Gasteiger partial charge in [0, 0.05) is 0 Å². The molecule has 3 rings (SSSR count). The number of carbonyl (C=O) groups is 1. The average molecular weight is 396 g/mol. The maximum atomic E-state index is 12.7. The van der Waals surface area contributed by atoms with Crippen molar-refractivity contribution in [2.45, 2.75) is 39.0 Å². The lowest BCUT2D eigenvalue weighted by molar-refractivity contribution is -0.126. The summed E-state index contributed by atoms with van der Waals surface area (Å²) in [5.41, 5.74) is 4.42. The SMILES string of the molecule is CC[C@@H]1S/C(=N\N=C/c2ccc(C)cc2C)N(Cc2ccc(OC)cc2)C1=O. The molecule has 0 aromatic heterocycles. The number of ether oxygens (including phenoxy) is 1. The molecule has 1 aliphatic heterocycles. The molecule has 2 aromatic carbocycles. The van der Waals surface area contributed by atoms with Gasteiger partial charge in [-0.25, -0.2) is 0 Å². The predicted octanol–water partition coefficient (Wildman–Crippen LogP) is 4.56. The summed E-state index contributed by atoms with van der Waals surface area (Å²) in [4.78, 5) is 14.5. The quantitative estimate of drug-likeness (QED) is 0.532. The molecule has 0 aliphatic carbocycles. The zero-order chi connectivity index (χ0) is 20.1. The molecule has 0 saturated carbocycles. The van der Waals surface area contributed by atoms with Crippen LogP contribution in [0.25, 0.3) is 0 Å². The van der Waals surface area contributed by atoms with Gasteiger partial charge in [0.15, 0.2) is 5.17 Å². The van der Waals surface area contributed by atoms with Crippen molar-refractivity contribution in [3.05, 3.63) is 64.7 Å². The number of methoxy groups -OCH3 is 1. The molecule has 6 heteroatoms. The zero-order valence-electron chi connectivity index (χ0n) is 16.7. The first-order chi connectivity index (χ1) is 13.5. The second-order valence-electron chi connectivity index (χ2n) is 6.77. The summed E-state index contributed by atoms with van der Waals surface area (Å²) in [7, 11) is 1.64. The Morgan fingerprint density at radius 1 is 1.18 bits per heavy atom. The fourth-order valence-corrected chi connectivity index (χ4v) is 4.04. The Morgan fingerprint density at radius 2 is 1.93 bits per heavy atom. The van der Waals surface area contributed by atoms with Crippen LogP contribution >= 0.6 is 11.8 Å². The first-order valence-electron chi connectivity index (χ1n) is 9.31. The minimum absolute atomic E-state index is 0.0868. The van der Waals surface area contributed by atoms with Gasteiger partial charge in [-0.15, -0.1) is 5.10 Å². The molecule has 0 N–H and O–H groups in total. The van der Waals surface area contributed by atoms with Gasteiger partial charge in [0.1, 0.15) is 5.75 Å². The number of thioether (sulfide) groups is 1. The number of amides is 1. The number of nitrogens with zero attached hydrogens (tertiary/aromatic N) is 3. The van der Waals surface area contributed by atoms with E-state index in [1.54, 1.807) is 18.2 Å². The standard InChI is InChI=1S/C22H25N3O2S/c1-5-20-21(26)25(14-17-7-10-19(27-4)11-8-17)22(28-20)24-23-13-18-9-6-15(2)12-16(18)3/h6-13,20H,5,14H2,1-4H3/b23-13-,24-22-/t20-/m0/s1. The minimum atomic E-state index is -0.103. The van der Waals surface area contributed by atoms with E-state index in [4.69, 9.17) is 4.74 Å². The summed E-state index contributed by atoms with van der Waals surface area (Å²) in [6, 6.07) is 13.9. The maximum absolute atomic E-state index is 12.7. The molecule has 0 radical (unpaired) electrons. The Morgan fingerprint density at radius 3 is 2.57 bits per heavy atom. The summed E-state index contributed by atoms with van der Waals surface area (Å²) in [5.74, 6) is 0.882. The van der Waals surface area contributed by atoms with Crippen molar-refractivity contribution in [3.63, 3.8) is 0 Å². The molecule has 0 unspecified atom stereocenters. The molecule has 1 aliphatic rings. The number of aryl methyl sites for hydroxylation is 2. The third-order valence-electron chi connectivity index (χ3n) is 4.66. The molecule has 0 spiro atoms. The summed E-state index contributed by atoms with van der Waals surface area (Å²) < 4.78 is 5.20. The molecule has 5 nitrogen and oxygen atoms in total. The first kappa shape index (κ1) is 20.1. The van der Waals surface area contributed by atoms with Crippen LogP contribution in [0.1, 0.15) is 35.6 Å². The van der Waals surface area contributed by atoms with Crippen LogP contribution in [0.5, 0.6) is 5.75 Å². The summed E-state index contributed by atoms with van der Waals surface area (Å²) in [6.45, 7) is 6.61. The molecular formula is C22H25N3O2S. The Labute approximate surface area is 170 Å². The van der Waals surface area contributed by atoms with Gasteiger partial charge in [-0.3, -0.25) is 9.69 Å². The summed E-state index contributed by atoms with van der Waals surface area (Å²) >= 11 is 1.48. The molecule has 1 heterocycles. The number of amidine groups is 1. The minimum Gasteiger partial charge on any atom is -0.497 e. The van der Waals surface area contributed by atoms with Gasteiger partial charge in [0.2, 0.25) is 5.91 Å². The highest BCUT2D eigenvalue weighted by Crippen LogP contribution is 2.31. The largest absolute Gasteiger partial charge is 0.497 e. The highest BCUT2D eigenvalue weighted by atomic mass is 32.2. The highest BCUT2D eigenvalue weighted by molar-refractivity contribution is 8.15. The lowest BCUT2D eigenvalue weighted by Crippen LogP contribution is -2.31. The Hall–Kier alpha value is -2.60. The van der Waals surface area contributed by atoms with Crippen LogP contribution in [0.3, 0.4) is 0 Å². The van der Waals surface area contributed by atoms with Crippen molar-refractivity contribution >= 4 is 29.1 Å².